The van der Waals surface area contributed by atoms with Crippen LogP contribution in [0.15, 0.2) is 51.7 Å². The van der Waals surface area contributed by atoms with Gasteiger partial charge in [-0.3, -0.25) is 0 Å². The molecule has 2 aromatic carbocycles. The minimum Gasteiger partial charge on any atom is -0.422 e. The average Bonchev–Trinajstić information content (AvgIpc) is 2.47. The number of aromatic nitrogens is 1. The number of aryl methyl sites for hydroxylation is 1. The van der Waals surface area contributed by atoms with E-state index in [1.807, 2.05) is 31.2 Å². The molecule has 0 aliphatic rings. The molecule has 0 fully saturated rings. The first-order valence-electron chi connectivity index (χ1n) is 6.55. The van der Waals surface area contributed by atoms with Crippen molar-refractivity contribution in [3.8, 4) is 0 Å². The first kappa shape index (κ1) is 12.4. The lowest BCUT2D eigenvalue weighted by Gasteiger charge is -2.05. The quantitative estimate of drug-likeness (QED) is 0.273. The Bertz CT molecular complexity index is 1080. The van der Waals surface area contributed by atoms with Crippen molar-refractivity contribution < 1.29 is 4.42 Å². The molecule has 102 valence electrons. The van der Waals surface area contributed by atoms with Crippen molar-refractivity contribution in [3.05, 3.63) is 63.5 Å². The van der Waals surface area contributed by atoms with Gasteiger partial charge in [0.05, 0.1) is 16.4 Å². The second-order valence-electron chi connectivity index (χ2n) is 5.11. The molecule has 4 heteroatoms. The van der Waals surface area contributed by atoms with Crippen LogP contribution < -0.4 is 5.63 Å². The van der Waals surface area contributed by atoms with Crippen molar-refractivity contribution in [3.63, 3.8) is 0 Å². The molecule has 3 nitrogen and oxygen atoms in total. The smallest absolute Gasteiger partial charge is 0.345 e. The fourth-order valence-electron chi connectivity index (χ4n) is 2.59. The van der Waals surface area contributed by atoms with Crippen molar-refractivity contribution in [2.24, 2.45) is 0 Å². The molecule has 2 heterocycles. The summed E-state index contributed by atoms with van der Waals surface area (Å²) in [5.41, 5.74) is 2.71. The highest BCUT2D eigenvalue weighted by Gasteiger charge is 2.10. The van der Waals surface area contributed by atoms with E-state index in [0.717, 1.165) is 21.9 Å². The third kappa shape index (κ3) is 1.89. The van der Waals surface area contributed by atoms with Crippen molar-refractivity contribution >= 4 is 44.4 Å². The van der Waals surface area contributed by atoms with Crippen LogP contribution in [0.5, 0.6) is 0 Å². The van der Waals surface area contributed by atoms with Gasteiger partial charge < -0.3 is 4.42 Å². The van der Waals surface area contributed by atoms with Gasteiger partial charge in [0, 0.05) is 15.8 Å². The predicted octanol–water partition coefficient (Wildman–Crippen LogP) is 4.46. The van der Waals surface area contributed by atoms with E-state index in [2.05, 4.69) is 4.98 Å². The fourth-order valence-corrected chi connectivity index (χ4v) is 2.76. The summed E-state index contributed by atoms with van der Waals surface area (Å²) >= 11 is 6.05. The number of benzene rings is 2. The summed E-state index contributed by atoms with van der Waals surface area (Å²) in [5, 5.41) is 2.74. The van der Waals surface area contributed by atoms with Crippen LogP contribution in [-0.4, -0.2) is 4.98 Å². The van der Waals surface area contributed by atoms with Gasteiger partial charge in [0.1, 0.15) is 5.58 Å². The molecule has 2 aromatic heterocycles. The molecule has 4 rings (SSSR count). The number of rotatable bonds is 0. The number of hydrogen-bond donors (Lipinski definition) is 0. The van der Waals surface area contributed by atoms with E-state index >= 15 is 0 Å². The van der Waals surface area contributed by atoms with Crippen molar-refractivity contribution in [1.82, 2.24) is 4.98 Å². The molecular formula is C17H10ClNO2. The minimum absolute atomic E-state index is 0.379. The topological polar surface area (TPSA) is 43.1 Å². The monoisotopic (exact) mass is 295 g/mol. The molecule has 0 unspecified atom stereocenters. The Morgan fingerprint density at radius 3 is 2.76 bits per heavy atom. The molecule has 0 bridgehead atoms. The van der Waals surface area contributed by atoms with Crippen LogP contribution in [0.1, 0.15) is 5.56 Å². The number of nitrogens with zero attached hydrogens (tertiary/aromatic N) is 1. The van der Waals surface area contributed by atoms with Gasteiger partial charge in [-0.15, -0.1) is 0 Å². The maximum atomic E-state index is 12.2. The van der Waals surface area contributed by atoms with Crippen LogP contribution in [0.3, 0.4) is 0 Å². The van der Waals surface area contributed by atoms with Crippen LogP contribution in [-0.2, 0) is 0 Å². The second-order valence-corrected chi connectivity index (χ2v) is 5.55. The average molecular weight is 296 g/mol. The van der Waals surface area contributed by atoms with E-state index in [4.69, 9.17) is 16.0 Å². The summed E-state index contributed by atoms with van der Waals surface area (Å²) < 4.78 is 5.35. The van der Waals surface area contributed by atoms with Crippen molar-refractivity contribution in [2.75, 3.05) is 0 Å². The highest BCUT2D eigenvalue weighted by molar-refractivity contribution is 6.31. The molecule has 0 spiro atoms. The largest absolute Gasteiger partial charge is 0.422 e. The Labute approximate surface area is 124 Å². The van der Waals surface area contributed by atoms with Crippen LogP contribution in [0.4, 0.5) is 0 Å². The molecular weight excluding hydrogens is 286 g/mol. The Morgan fingerprint density at radius 1 is 1.05 bits per heavy atom. The van der Waals surface area contributed by atoms with E-state index in [1.165, 1.54) is 0 Å². The first-order chi connectivity index (χ1) is 10.1. The normalized spacial score (nSPS) is 11.5. The van der Waals surface area contributed by atoms with Gasteiger partial charge in [0.2, 0.25) is 0 Å². The molecule has 0 atom stereocenters. The highest BCUT2D eigenvalue weighted by Crippen LogP contribution is 2.27. The van der Waals surface area contributed by atoms with Crippen molar-refractivity contribution in [1.29, 1.82) is 0 Å². The van der Waals surface area contributed by atoms with Gasteiger partial charge in [0.15, 0.2) is 0 Å². The molecule has 0 saturated carbocycles. The SMILES string of the molecule is Cc1ccc2nc3c(cc2c1)c(=O)oc1ccc(Cl)cc13. The van der Waals surface area contributed by atoms with Crippen LogP contribution in [0.2, 0.25) is 5.02 Å². The van der Waals surface area contributed by atoms with Gasteiger partial charge in [-0.2, -0.15) is 0 Å². The Hall–Kier alpha value is -2.39. The summed E-state index contributed by atoms with van der Waals surface area (Å²) in [6.45, 7) is 2.01. The molecule has 0 amide bonds. The van der Waals surface area contributed by atoms with E-state index in [0.29, 0.717) is 21.5 Å². The van der Waals surface area contributed by atoms with Gasteiger partial charge in [-0.25, -0.2) is 9.78 Å². The Balaban J connectivity index is 2.28. The molecule has 0 aliphatic heterocycles. The molecule has 0 saturated heterocycles. The van der Waals surface area contributed by atoms with Gasteiger partial charge in [-0.05, 0) is 43.3 Å². The standard InChI is InChI=1S/C17H10ClNO2/c1-9-2-4-14-10(6-9)7-13-16(19-14)12-8-11(18)3-5-15(12)21-17(13)20/h2-8H,1H3. The summed E-state index contributed by atoms with van der Waals surface area (Å²) in [4.78, 5) is 16.8. The summed E-state index contributed by atoms with van der Waals surface area (Å²) in [7, 11) is 0. The minimum atomic E-state index is -0.379. The molecule has 0 aliphatic carbocycles. The fraction of sp³-hybridized carbons (Fsp3) is 0.0588. The third-order valence-electron chi connectivity index (χ3n) is 3.59. The number of pyridine rings is 1. The van der Waals surface area contributed by atoms with Crippen LogP contribution in [0.25, 0.3) is 32.8 Å². The Morgan fingerprint density at radius 2 is 1.90 bits per heavy atom. The molecule has 0 N–H and O–H groups in total. The van der Waals surface area contributed by atoms with E-state index in [9.17, 15) is 4.79 Å². The number of halogens is 1. The zero-order chi connectivity index (χ0) is 14.6. The maximum absolute atomic E-state index is 12.2. The zero-order valence-electron chi connectivity index (χ0n) is 11.2. The Kier molecular flexibility index (Phi) is 2.53. The highest BCUT2D eigenvalue weighted by atomic mass is 35.5. The molecule has 21 heavy (non-hydrogen) atoms. The van der Waals surface area contributed by atoms with E-state index < -0.39 is 0 Å². The number of hydrogen-bond acceptors (Lipinski definition) is 3. The maximum Gasteiger partial charge on any atom is 0.345 e. The third-order valence-corrected chi connectivity index (χ3v) is 3.82. The molecule has 4 aromatic rings. The second kappa shape index (κ2) is 4.30. The summed E-state index contributed by atoms with van der Waals surface area (Å²) in [5.74, 6) is 0. The lowest BCUT2D eigenvalue weighted by Crippen LogP contribution is -2.01. The molecule has 0 radical (unpaired) electrons. The lowest BCUT2D eigenvalue weighted by molar-refractivity contribution is 0.569. The summed E-state index contributed by atoms with van der Waals surface area (Å²) in [6.07, 6.45) is 0. The van der Waals surface area contributed by atoms with E-state index in [1.54, 1.807) is 18.2 Å². The summed E-state index contributed by atoms with van der Waals surface area (Å²) in [6, 6.07) is 13.0. The zero-order valence-corrected chi connectivity index (χ0v) is 11.9. The van der Waals surface area contributed by atoms with E-state index in [-0.39, 0.29) is 5.63 Å². The van der Waals surface area contributed by atoms with Gasteiger partial charge >= 0.3 is 5.63 Å². The van der Waals surface area contributed by atoms with Crippen LogP contribution in [0, 0.1) is 6.92 Å². The predicted molar refractivity (Wildman–Crippen MR) is 85.0 cm³/mol. The van der Waals surface area contributed by atoms with Crippen molar-refractivity contribution in [2.45, 2.75) is 6.92 Å². The van der Waals surface area contributed by atoms with Crippen LogP contribution >= 0.6 is 11.6 Å². The number of fused-ring (bicyclic) bond motifs is 4. The first-order valence-corrected chi connectivity index (χ1v) is 6.93. The van der Waals surface area contributed by atoms with Gasteiger partial charge in [-0.1, -0.05) is 23.2 Å². The van der Waals surface area contributed by atoms with Gasteiger partial charge in [0.25, 0.3) is 0 Å². The lowest BCUT2D eigenvalue weighted by atomic mass is 10.1.